The third-order valence-corrected chi connectivity index (χ3v) is 2.92. The van der Waals surface area contributed by atoms with Gasteiger partial charge in [0.05, 0.1) is 6.61 Å². The average Bonchev–Trinajstić information content (AvgIpc) is 2.49. The summed E-state index contributed by atoms with van der Waals surface area (Å²) in [4.78, 5) is 0. The monoisotopic (exact) mass is 192 g/mol. The van der Waals surface area contributed by atoms with Gasteiger partial charge in [-0.15, -0.1) is 0 Å². The maximum absolute atomic E-state index is 6.10. The summed E-state index contributed by atoms with van der Waals surface area (Å²) in [6, 6.07) is 0. The number of rotatable bonds is 4. The van der Waals surface area contributed by atoms with Crippen molar-refractivity contribution in [1.29, 1.82) is 0 Å². The van der Waals surface area contributed by atoms with Gasteiger partial charge in [-0.1, -0.05) is 25.4 Å². The van der Waals surface area contributed by atoms with Crippen molar-refractivity contribution in [3.05, 3.63) is 0 Å². The molecule has 0 aliphatic carbocycles. The van der Waals surface area contributed by atoms with Crippen LogP contribution in [-0.2, 0) is 9.47 Å². The third-order valence-electron chi connectivity index (χ3n) is 2.27. The number of alkyl halides is 1. The van der Waals surface area contributed by atoms with Crippen LogP contribution in [0.3, 0.4) is 0 Å². The second kappa shape index (κ2) is 4.45. The Kier molecular flexibility index (Phi) is 3.81. The smallest absolute Gasteiger partial charge is 0.138 e. The van der Waals surface area contributed by atoms with Crippen molar-refractivity contribution in [3.8, 4) is 0 Å². The van der Waals surface area contributed by atoms with E-state index in [2.05, 4.69) is 13.8 Å². The minimum absolute atomic E-state index is 0.0245. The van der Waals surface area contributed by atoms with E-state index in [0.717, 1.165) is 32.7 Å². The molecule has 1 heterocycles. The van der Waals surface area contributed by atoms with Crippen LogP contribution in [0.15, 0.2) is 0 Å². The van der Waals surface area contributed by atoms with Crippen LogP contribution in [0.2, 0.25) is 0 Å². The lowest BCUT2D eigenvalue weighted by atomic mass is 9.91. The first-order chi connectivity index (χ1) is 5.69. The van der Waals surface area contributed by atoms with Crippen LogP contribution in [0.25, 0.3) is 0 Å². The average molecular weight is 193 g/mol. The Bertz CT molecular complexity index is 132. The molecule has 0 amide bonds. The maximum atomic E-state index is 6.10. The van der Waals surface area contributed by atoms with Crippen molar-refractivity contribution in [2.75, 3.05) is 19.8 Å². The van der Waals surface area contributed by atoms with E-state index in [0.29, 0.717) is 0 Å². The zero-order valence-corrected chi connectivity index (χ0v) is 8.56. The summed E-state index contributed by atoms with van der Waals surface area (Å²) in [5, 5.41) is 0. The molecule has 0 spiro atoms. The van der Waals surface area contributed by atoms with Gasteiger partial charge in [-0.25, -0.2) is 0 Å². The van der Waals surface area contributed by atoms with Crippen molar-refractivity contribution in [2.45, 2.75) is 32.3 Å². The van der Waals surface area contributed by atoms with Crippen LogP contribution in [-0.4, -0.2) is 25.4 Å². The summed E-state index contributed by atoms with van der Waals surface area (Å²) in [5.41, 5.74) is -0.170. The summed E-state index contributed by atoms with van der Waals surface area (Å²) in [6.45, 7) is 6.48. The molecule has 72 valence electrons. The highest BCUT2D eigenvalue weighted by Gasteiger charge is 2.37. The minimum Gasteiger partial charge on any atom is -0.381 e. The van der Waals surface area contributed by atoms with Gasteiger partial charge in [-0.2, -0.15) is 0 Å². The molecule has 0 aromatic carbocycles. The molecular formula is C9H17ClO2. The predicted molar refractivity (Wildman–Crippen MR) is 49.4 cm³/mol. The van der Waals surface area contributed by atoms with Crippen LogP contribution in [0.5, 0.6) is 0 Å². The molecule has 0 N–H and O–H groups in total. The molecule has 3 heteroatoms. The molecular weight excluding hydrogens is 176 g/mol. The largest absolute Gasteiger partial charge is 0.381 e. The van der Waals surface area contributed by atoms with Gasteiger partial charge in [0.25, 0.3) is 0 Å². The molecule has 1 rings (SSSR count). The second-order valence-corrected chi connectivity index (χ2v) is 4.04. The Morgan fingerprint density at radius 2 is 2.42 bits per heavy atom. The Hall–Kier alpha value is 0.210. The van der Waals surface area contributed by atoms with E-state index in [-0.39, 0.29) is 11.0 Å². The van der Waals surface area contributed by atoms with E-state index in [1.54, 1.807) is 0 Å². The van der Waals surface area contributed by atoms with Gasteiger partial charge < -0.3 is 9.47 Å². The first-order valence-electron chi connectivity index (χ1n) is 4.52. The van der Waals surface area contributed by atoms with Gasteiger partial charge >= 0.3 is 0 Å². The van der Waals surface area contributed by atoms with E-state index >= 15 is 0 Å². The van der Waals surface area contributed by atoms with Crippen molar-refractivity contribution < 1.29 is 9.47 Å². The molecule has 12 heavy (non-hydrogen) atoms. The summed E-state index contributed by atoms with van der Waals surface area (Å²) < 4.78 is 10.8. The van der Waals surface area contributed by atoms with E-state index in [4.69, 9.17) is 21.1 Å². The summed E-state index contributed by atoms with van der Waals surface area (Å²) in [5.74, 6) is 0. The molecule has 1 aliphatic heterocycles. The SMILES string of the molecule is CCCOC(Cl)C1(C)CCOC1. The Morgan fingerprint density at radius 1 is 1.67 bits per heavy atom. The normalized spacial score (nSPS) is 32.2. The maximum Gasteiger partial charge on any atom is 0.138 e. The third kappa shape index (κ3) is 2.35. The number of hydrogen-bond acceptors (Lipinski definition) is 2. The quantitative estimate of drug-likeness (QED) is 0.637. The van der Waals surface area contributed by atoms with Crippen LogP contribution in [0.4, 0.5) is 0 Å². The van der Waals surface area contributed by atoms with Gasteiger partial charge in [-0.3, -0.25) is 0 Å². The highest BCUT2D eigenvalue weighted by atomic mass is 35.5. The van der Waals surface area contributed by atoms with Crippen molar-refractivity contribution >= 4 is 11.6 Å². The second-order valence-electron chi connectivity index (χ2n) is 3.64. The first-order valence-corrected chi connectivity index (χ1v) is 4.96. The molecule has 2 nitrogen and oxygen atoms in total. The van der Waals surface area contributed by atoms with Crippen LogP contribution in [0, 0.1) is 5.41 Å². The fraction of sp³-hybridized carbons (Fsp3) is 1.00. The fourth-order valence-corrected chi connectivity index (χ4v) is 1.55. The van der Waals surface area contributed by atoms with Gasteiger partial charge in [0.15, 0.2) is 0 Å². The van der Waals surface area contributed by atoms with E-state index in [1.165, 1.54) is 0 Å². The van der Waals surface area contributed by atoms with E-state index < -0.39 is 0 Å². The molecule has 0 aromatic heterocycles. The molecule has 2 unspecified atom stereocenters. The van der Waals surface area contributed by atoms with Crippen molar-refractivity contribution in [1.82, 2.24) is 0 Å². The highest BCUT2D eigenvalue weighted by Crippen LogP contribution is 2.35. The standard InChI is InChI=1S/C9H17ClO2/c1-3-5-12-8(10)9(2)4-6-11-7-9/h8H,3-7H2,1-2H3. The summed E-state index contributed by atoms with van der Waals surface area (Å²) in [7, 11) is 0. The van der Waals surface area contributed by atoms with Gasteiger partial charge in [0.2, 0.25) is 0 Å². The lowest BCUT2D eigenvalue weighted by Crippen LogP contribution is -2.31. The molecule has 1 fully saturated rings. The molecule has 0 bridgehead atoms. The zero-order valence-electron chi connectivity index (χ0n) is 7.81. The first kappa shape index (κ1) is 10.3. The van der Waals surface area contributed by atoms with Crippen molar-refractivity contribution in [3.63, 3.8) is 0 Å². The van der Waals surface area contributed by atoms with Gasteiger partial charge in [0, 0.05) is 18.6 Å². The van der Waals surface area contributed by atoms with Gasteiger partial charge in [0.1, 0.15) is 5.56 Å². The van der Waals surface area contributed by atoms with Gasteiger partial charge in [-0.05, 0) is 12.8 Å². The van der Waals surface area contributed by atoms with Crippen LogP contribution < -0.4 is 0 Å². The summed E-state index contributed by atoms with van der Waals surface area (Å²) >= 11 is 6.10. The van der Waals surface area contributed by atoms with Crippen LogP contribution >= 0.6 is 11.6 Å². The summed E-state index contributed by atoms with van der Waals surface area (Å²) in [6.07, 6.45) is 2.02. The number of hydrogen-bond donors (Lipinski definition) is 0. The molecule has 0 radical (unpaired) electrons. The van der Waals surface area contributed by atoms with E-state index in [1.807, 2.05) is 0 Å². The molecule has 1 aliphatic rings. The number of halogens is 1. The minimum atomic E-state index is -0.194. The Balaban J connectivity index is 2.33. The lowest BCUT2D eigenvalue weighted by molar-refractivity contribution is 0.0149. The fourth-order valence-electron chi connectivity index (χ4n) is 1.28. The molecule has 0 aromatic rings. The van der Waals surface area contributed by atoms with Crippen molar-refractivity contribution in [2.24, 2.45) is 5.41 Å². The van der Waals surface area contributed by atoms with E-state index in [9.17, 15) is 0 Å². The Morgan fingerprint density at radius 3 is 2.92 bits per heavy atom. The predicted octanol–water partition coefficient (Wildman–Crippen LogP) is 2.40. The van der Waals surface area contributed by atoms with Crippen LogP contribution in [0.1, 0.15) is 26.7 Å². The Labute approximate surface area is 79.2 Å². The lowest BCUT2D eigenvalue weighted by Gasteiger charge is -2.27. The topological polar surface area (TPSA) is 18.5 Å². The highest BCUT2D eigenvalue weighted by molar-refractivity contribution is 6.20. The number of ether oxygens (including phenoxy) is 2. The molecule has 2 atom stereocenters. The zero-order chi connectivity index (χ0) is 9.03. The molecule has 1 saturated heterocycles. The molecule has 0 saturated carbocycles.